The summed E-state index contributed by atoms with van der Waals surface area (Å²) in [6.45, 7) is 1.76. The van der Waals surface area contributed by atoms with Gasteiger partial charge in [-0.25, -0.2) is 0 Å². The molecule has 0 fully saturated rings. The number of carbonyl (C=O) groups is 1. The highest BCUT2D eigenvalue weighted by Gasteiger charge is 2.17. The number of carbonyl (C=O) groups excluding carboxylic acids is 1. The summed E-state index contributed by atoms with van der Waals surface area (Å²) in [6, 6.07) is 7.94. The number of para-hydroxylation sites is 1. The fourth-order valence-corrected chi connectivity index (χ4v) is 1.88. The fraction of sp³-hybridized carbons (Fsp3) is 0.286. The predicted octanol–water partition coefficient (Wildman–Crippen LogP) is 1.25. The highest BCUT2D eigenvalue weighted by Crippen LogP contribution is 2.12. The van der Waals surface area contributed by atoms with E-state index in [1.54, 1.807) is 38.2 Å². The first kappa shape index (κ1) is 13.3. The van der Waals surface area contributed by atoms with Crippen LogP contribution < -0.4 is 5.43 Å². The van der Waals surface area contributed by atoms with Crippen molar-refractivity contribution < 1.29 is 14.3 Å². The lowest BCUT2D eigenvalue weighted by Crippen LogP contribution is -2.33. The van der Waals surface area contributed by atoms with E-state index in [0.717, 1.165) is 0 Å². The molecule has 1 aromatic carbocycles. The second kappa shape index (κ2) is 5.24. The molecule has 0 bridgehead atoms. The molecule has 0 aliphatic carbocycles. The minimum atomic E-state index is -0.638. The van der Waals surface area contributed by atoms with E-state index in [2.05, 4.69) is 0 Å². The first-order valence-electron chi connectivity index (χ1n) is 5.95. The number of likely N-dealkylation sites (N-methyl/N-ethyl adjacent to an activating group) is 1. The van der Waals surface area contributed by atoms with Crippen molar-refractivity contribution in [3.63, 3.8) is 0 Å². The van der Waals surface area contributed by atoms with Crippen LogP contribution in [-0.4, -0.2) is 35.6 Å². The minimum absolute atomic E-state index is 0.0214. The summed E-state index contributed by atoms with van der Waals surface area (Å²) < 4.78 is 5.43. The molecule has 0 radical (unpaired) electrons. The Balaban J connectivity index is 2.41. The van der Waals surface area contributed by atoms with Gasteiger partial charge in [0.05, 0.1) is 11.5 Å². The van der Waals surface area contributed by atoms with Gasteiger partial charge < -0.3 is 14.4 Å². The van der Waals surface area contributed by atoms with Crippen molar-refractivity contribution in [2.45, 2.75) is 13.0 Å². The average molecular weight is 261 g/mol. The summed E-state index contributed by atoms with van der Waals surface area (Å²) in [5, 5.41) is 9.70. The molecule has 1 heterocycles. The molecule has 2 aromatic rings. The average Bonchev–Trinajstić information content (AvgIpc) is 2.37. The Labute approximate surface area is 110 Å². The zero-order chi connectivity index (χ0) is 14.0. The Hall–Kier alpha value is -2.14. The second-order valence-electron chi connectivity index (χ2n) is 4.51. The fourth-order valence-electron chi connectivity index (χ4n) is 1.88. The summed E-state index contributed by atoms with van der Waals surface area (Å²) in [7, 11) is 1.55. The first-order chi connectivity index (χ1) is 8.99. The molecule has 0 aliphatic heterocycles. The minimum Gasteiger partial charge on any atom is -0.451 e. The van der Waals surface area contributed by atoms with Gasteiger partial charge in [0, 0.05) is 19.7 Å². The lowest BCUT2D eigenvalue weighted by atomic mass is 10.2. The van der Waals surface area contributed by atoms with E-state index in [1.807, 2.05) is 0 Å². The van der Waals surface area contributed by atoms with Gasteiger partial charge in [0.25, 0.3) is 5.91 Å². The molecular formula is C14H15NO4. The maximum atomic E-state index is 12.1. The van der Waals surface area contributed by atoms with Crippen molar-refractivity contribution in [1.82, 2.24) is 4.90 Å². The van der Waals surface area contributed by atoms with Crippen molar-refractivity contribution in [3.05, 3.63) is 46.3 Å². The van der Waals surface area contributed by atoms with Crippen LogP contribution in [0, 0.1) is 0 Å². The van der Waals surface area contributed by atoms with Gasteiger partial charge in [-0.3, -0.25) is 9.59 Å². The Morgan fingerprint density at radius 3 is 2.79 bits per heavy atom. The molecule has 19 heavy (non-hydrogen) atoms. The molecule has 0 saturated heterocycles. The van der Waals surface area contributed by atoms with Gasteiger partial charge in [-0.2, -0.15) is 0 Å². The van der Waals surface area contributed by atoms with Crippen molar-refractivity contribution in [2.24, 2.45) is 0 Å². The molecule has 2 rings (SSSR count). The molecule has 0 spiro atoms. The summed E-state index contributed by atoms with van der Waals surface area (Å²) in [5.41, 5.74) is 0.124. The van der Waals surface area contributed by atoms with Crippen LogP contribution in [0.1, 0.15) is 17.5 Å². The Bertz CT molecular complexity index is 660. The molecule has 0 saturated carbocycles. The molecular weight excluding hydrogens is 246 g/mol. The maximum Gasteiger partial charge on any atom is 0.289 e. The number of aliphatic hydroxyl groups excluding tert-OH is 1. The van der Waals surface area contributed by atoms with Gasteiger partial charge in [0.15, 0.2) is 11.2 Å². The first-order valence-corrected chi connectivity index (χ1v) is 5.95. The van der Waals surface area contributed by atoms with Crippen LogP contribution in [0.25, 0.3) is 11.0 Å². The standard InChI is InChI=1S/C14H15NO4/c1-9(16)8-15(2)14(18)13-7-11(17)10-5-3-4-6-12(10)19-13/h3-7,9,16H,8H2,1-2H3. The molecule has 5 heteroatoms. The zero-order valence-electron chi connectivity index (χ0n) is 10.8. The molecule has 5 nitrogen and oxygen atoms in total. The number of nitrogens with zero attached hydrogens (tertiary/aromatic N) is 1. The maximum absolute atomic E-state index is 12.1. The number of aliphatic hydroxyl groups is 1. The quantitative estimate of drug-likeness (QED) is 0.902. The van der Waals surface area contributed by atoms with Crippen LogP contribution in [0.4, 0.5) is 0 Å². The van der Waals surface area contributed by atoms with E-state index in [9.17, 15) is 14.7 Å². The number of hydrogen-bond donors (Lipinski definition) is 1. The van der Waals surface area contributed by atoms with Crippen LogP contribution >= 0.6 is 0 Å². The lowest BCUT2D eigenvalue weighted by molar-refractivity contribution is 0.0674. The third-order valence-corrected chi connectivity index (χ3v) is 2.73. The van der Waals surface area contributed by atoms with Crippen molar-refractivity contribution in [3.8, 4) is 0 Å². The van der Waals surface area contributed by atoms with Crippen LogP contribution in [-0.2, 0) is 0 Å². The van der Waals surface area contributed by atoms with E-state index < -0.39 is 12.0 Å². The summed E-state index contributed by atoms with van der Waals surface area (Å²) in [4.78, 5) is 25.2. The summed E-state index contributed by atoms with van der Waals surface area (Å²) in [5.74, 6) is -0.449. The lowest BCUT2D eigenvalue weighted by Gasteiger charge is -2.17. The number of amides is 1. The third kappa shape index (κ3) is 2.82. The van der Waals surface area contributed by atoms with Crippen molar-refractivity contribution >= 4 is 16.9 Å². The highest BCUT2D eigenvalue weighted by atomic mass is 16.3. The van der Waals surface area contributed by atoms with Gasteiger partial charge in [-0.15, -0.1) is 0 Å². The SMILES string of the molecule is CC(O)CN(C)C(=O)c1cc(=O)c2ccccc2o1. The number of hydrogen-bond acceptors (Lipinski definition) is 4. The highest BCUT2D eigenvalue weighted by molar-refractivity contribution is 5.93. The summed E-state index contributed by atoms with van der Waals surface area (Å²) in [6.07, 6.45) is -0.638. The number of benzene rings is 1. The van der Waals surface area contributed by atoms with E-state index in [-0.39, 0.29) is 17.7 Å². The van der Waals surface area contributed by atoms with Gasteiger partial charge in [0.1, 0.15) is 5.58 Å². The molecule has 1 N–H and O–H groups in total. The molecule has 0 aliphatic rings. The van der Waals surface area contributed by atoms with Crippen LogP contribution in [0.2, 0.25) is 0 Å². The molecule has 1 aromatic heterocycles. The number of fused-ring (bicyclic) bond motifs is 1. The summed E-state index contributed by atoms with van der Waals surface area (Å²) >= 11 is 0. The molecule has 100 valence electrons. The van der Waals surface area contributed by atoms with Crippen LogP contribution in [0.3, 0.4) is 0 Å². The Morgan fingerprint density at radius 1 is 1.42 bits per heavy atom. The third-order valence-electron chi connectivity index (χ3n) is 2.73. The van der Waals surface area contributed by atoms with E-state index in [0.29, 0.717) is 11.0 Å². The van der Waals surface area contributed by atoms with Crippen LogP contribution in [0.15, 0.2) is 39.5 Å². The largest absolute Gasteiger partial charge is 0.451 e. The second-order valence-corrected chi connectivity index (χ2v) is 4.51. The normalized spacial score (nSPS) is 12.4. The topological polar surface area (TPSA) is 70.8 Å². The van der Waals surface area contributed by atoms with E-state index in [4.69, 9.17) is 4.42 Å². The van der Waals surface area contributed by atoms with E-state index >= 15 is 0 Å². The van der Waals surface area contributed by atoms with Gasteiger partial charge >= 0.3 is 0 Å². The molecule has 1 unspecified atom stereocenters. The number of rotatable bonds is 3. The predicted molar refractivity (Wildman–Crippen MR) is 71.1 cm³/mol. The van der Waals surface area contributed by atoms with Gasteiger partial charge in [-0.1, -0.05) is 12.1 Å². The Morgan fingerprint density at radius 2 is 2.11 bits per heavy atom. The Kier molecular flexibility index (Phi) is 3.66. The van der Waals surface area contributed by atoms with Crippen molar-refractivity contribution in [2.75, 3.05) is 13.6 Å². The van der Waals surface area contributed by atoms with E-state index in [1.165, 1.54) is 11.0 Å². The zero-order valence-corrected chi connectivity index (χ0v) is 10.8. The van der Waals surface area contributed by atoms with Crippen molar-refractivity contribution in [1.29, 1.82) is 0 Å². The van der Waals surface area contributed by atoms with Gasteiger partial charge in [0.2, 0.25) is 0 Å². The van der Waals surface area contributed by atoms with Gasteiger partial charge in [-0.05, 0) is 19.1 Å². The van der Waals surface area contributed by atoms with Crippen LogP contribution in [0.5, 0.6) is 0 Å². The monoisotopic (exact) mass is 261 g/mol. The smallest absolute Gasteiger partial charge is 0.289 e. The molecule has 1 atom stereocenters. The molecule has 1 amide bonds.